The highest BCUT2D eigenvalue weighted by Gasteiger charge is 2.17. The molecule has 1 amide bonds. The van der Waals surface area contributed by atoms with Gasteiger partial charge in [0.1, 0.15) is 5.56 Å². The van der Waals surface area contributed by atoms with Gasteiger partial charge in [-0.05, 0) is 49.2 Å². The van der Waals surface area contributed by atoms with E-state index in [4.69, 9.17) is 5.73 Å². The lowest BCUT2D eigenvalue weighted by atomic mass is 10.0. The Balaban J connectivity index is 2.38. The molecule has 0 unspecified atom stereocenters. The highest BCUT2D eigenvalue weighted by molar-refractivity contribution is 5.98. The predicted octanol–water partition coefficient (Wildman–Crippen LogP) is 2.49. The normalized spacial score (nSPS) is 10.9. The smallest absolute Gasteiger partial charge is 0.254 e. The van der Waals surface area contributed by atoms with Gasteiger partial charge >= 0.3 is 0 Å². The first kappa shape index (κ1) is 15.0. The lowest BCUT2D eigenvalue weighted by Crippen LogP contribution is -2.27. The van der Waals surface area contributed by atoms with Crippen molar-refractivity contribution in [1.29, 1.82) is 0 Å². The number of aromatic nitrogens is 2. The maximum absolute atomic E-state index is 12.6. The lowest BCUT2D eigenvalue weighted by Gasteiger charge is -2.16. The standard InChI is InChI=1S/C18H17N3O2/c1-3-21-11(2)16(18(19)23)17(22)14-5-4-13(10-15(14)21)12-6-8-20-9-7-12/h4-10H,3H2,1-2H3,(H2,19,23). The highest BCUT2D eigenvalue weighted by atomic mass is 16.2. The zero-order valence-electron chi connectivity index (χ0n) is 13.0. The molecule has 0 aliphatic carbocycles. The van der Waals surface area contributed by atoms with Gasteiger partial charge in [-0.1, -0.05) is 6.07 Å². The summed E-state index contributed by atoms with van der Waals surface area (Å²) in [5.74, 6) is -0.685. The number of nitrogens with two attached hydrogens (primary N) is 1. The van der Waals surface area contributed by atoms with Crippen LogP contribution in [-0.2, 0) is 6.54 Å². The Morgan fingerprint density at radius 1 is 1.17 bits per heavy atom. The van der Waals surface area contributed by atoms with Gasteiger partial charge in [0.25, 0.3) is 5.91 Å². The summed E-state index contributed by atoms with van der Waals surface area (Å²) in [6, 6.07) is 9.43. The van der Waals surface area contributed by atoms with Crippen molar-refractivity contribution in [2.24, 2.45) is 5.73 Å². The molecule has 1 aromatic carbocycles. The summed E-state index contributed by atoms with van der Waals surface area (Å²) in [6.45, 7) is 4.37. The topological polar surface area (TPSA) is 78.0 Å². The molecule has 0 atom stereocenters. The number of primary amides is 1. The fraction of sp³-hybridized carbons (Fsp3) is 0.167. The second kappa shape index (κ2) is 5.68. The van der Waals surface area contributed by atoms with Gasteiger partial charge in [0.15, 0.2) is 0 Å². The number of aryl methyl sites for hydroxylation is 1. The van der Waals surface area contributed by atoms with E-state index < -0.39 is 5.91 Å². The molecular formula is C18H17N3O2. The van der Waals surface area contributed by atoms with Crippen LogP contribution >= 0.6 is 0 Å². The Kier molecular flexibility index (Phi) is 3.70. The predicted molar refractivity (Wildman–Crippen MR) is 90.4 cm³/mol. The zero-order chi connectivity index (χ0) is 16.6. The average Bonchev–Trinajstić information content (AvgIpc) is 2.55. The molecule has 5 nitrogen and oxygen atoms in total. The molecule has 116 valence electrons. The lowest BCUT2D eigenvalue weighted by molar-refractivity contribution is 0.0998. The third-order valence-corrected chi connectivity index (χ3v) is 4.10. The van der Waals surface area contributed by atoms with Crippen molar-refractivity contribution < 1.29 is 4.79 Å². The van der Waals surface area contributed by atoms with Crippen LogP contribution in [0.25, 0.3) is 22.0 Å². The van der Waals surface area contributed by atoms with Crippen LogP contribution in [-0.4, -0.2) is 15.5 Å². The van der Waals surface area contributed by atoms with Crippen molar-refractivity contribution in [2.75, 3.05) is 0 Å². The summed E-state index contributed by atoms with van der Waals surface area (Å²) in [5, 5.41) is 0.504. The summed E-state index contributed by atoms with van der Waals surface area (Å²) >= 11 is 0. The fourth-order valence-corrected chi connectivity index (χ4v) is 2.98. The van der Waals surface area contributed by atoms with Gasteiger partial charge in [-0.3, -0.25) is 14.6 Å². The van der Waals surface area contributed by atoms with Gasteiger partial charge in [0, 0.05) is 30.0 Å². The molecule has 3 rings (SSSR count). The van der Waals surface area contributed by atoms with Crippen molar-refractivity contribution in [2.45, 2.75) is 20.4 Å². The number of benzene rings is 1. The average molecular weight is 307 g/mol. The molecule has 2 aromatic heterocycles. The molecule has 0 spiro atoms. The molecular weight excluding hydrogens is 290 g/mol. The number of fused-ring (bicyclic) bond motifs is 1. The Bertz CT molecular complexity index is 959. The van der Waals surface area contributed by atoms with E-state index in [-0.39, 0.29) is 11.0 Å². The minimum Gasteiger partial charge on any atom is -0.365 e. The van der Waals surface area contributed by atoms with E-state index in [1.165, 1.54) is 0 Å². The minimum atomic E-state index is -0.685. The second-order valence-electron chi connectivity index (χ2n) is 5.37. The molecule has 0 aliphatic heterocycles. The summed E-state index contributed by atoms with van der Waals surface area (Å²) in [4.78, 5) is 28.2. The fourth-order valence-electron chi connectivity index (χ4n) is 2.98. The van der Waals surface area contributed by atoms with Crippen LogP contribution in [0.3, 0.4) is 0 Å². The number of rotatable bonds is 3. The van der Waals surface area contributed by atoms with E-state index in [0.717, 1.165) is 16.6 Å². The Morgan fingerprint density at radius 3 is 2.48 bits per heavy atom. The van der Waals surface area contributed by atoms with Gasteiger partial charge in [-0.25, -0.2) is 0 Å². The number of hydrogen-bond acceptors (Lipinski definition) is 3. The van der Waals surface area contributed by atoms with Gasteiger partial charge < -0.3 is 10.3 Å². The SMILES string of the molecule is CCn1c(C)c(C(N)=O)c(=O)c2ccc(-c3ccncc3)cc21. The monoisotopic (exact) mass is 307 g/mol. The number of carbonyl (C=O) groups excluding carboxylic acids is 1. The van der Waals surface area contributed by atoms with Crippen LogP contribution in [0.5, 0.6) is 0 Å². The van der Waals surface area contributed by atoms with E-state index in [2.05, 4.69) is 4.98 Å². The number of nitrogens with zero attached hydrogens (tertiary/aromatic N) is 2. The van der Waals surface area contributed by atoms with Crippen molar-refractivity contribution in [3.63, 3.8) is 0 Å². The molecule has 0 radical (unpaired) electrons. The van der Waals surface area contributed by atoms with E-state index >= 15 is 0 Å². The van der Waals surface area contributed by atoms with Gasteiger partial charge in [0.2, 0.25) is 5.43 Å². The number of carbonyl (C=O) groups is 1. The maximum atomic E-state index is 12.6. The molecule has 0 bridgehead atoms. The van der Waals surface area contributed by atoms with E-state index in [1.807, 2.05) is 35.8 Å². The highest BCUT2D eigenvalue weighted by Crippen LogP contribution is 2.24. The number of amides is 1. The first-order valence-electron chi connectivity index (χ1n) is 7.42. The molecule has 2 heterocycles. The minimum absolute atomic E-state index is 0.0658. The molecule has 2 N–H and O–H groups in total. The van der Waals surface area contributed by atoms with E-state index in [0.29, 0.717) is 17.6 Å². The van der Waals surface area contributed by atoms with E-state index in [9.17, 15) is 9.59 Å². The van der Waals surface area contributed by atoms with Gasteiger partial charge in [-0.2, -0.15) is 0 Å². The number of hydrogen-bond donors (Lipinski definition) is 1. The van der Waals surface area contributed by atoms with Crippen LogP contribution in [0, 0.1) is 6.92 Å². The summed E-state index contributed by atoms with van der Waals surface area (Å²) < 4.78 is 1.95. The quantitative estimate of drug-likeness (QED) is 0.807. The molecule has 0 saturated heterocycles. The van der Waals surface area contributed by atoms with Crippen molar-refractivity contribution in [3.05, 3.63) is 64.2 Å². The maximum Gasteiger partial charge on any atom is 0.254 e. The molecule has 0 saturated carbocycles. The van der Waals surface area contributed by atoms with Crippen LogP contribution in [0.2, 0.25) is 0 Å². The summed E-state index contributed by atoms with van der Waals surface area (Å²) in [5.41, 5.74) is 8.56. The summed E-state index contributed by atoms with van der Waals surface area (Å²) in [7, 11) is 0. The van der Waals surface area contributed by atoms with Gasteiger partial charge in [-0.15, -0.1) is 0 Å². The second-order valence-corrected chi connectivity index (χ2v) is 5.37. The van der Waals surface area contributed by atoms with Crippen LogP contribution in [0.4, 0.5) is 0 Å². The van der Waals surface area contributed by atoms with Crippen LogP contribution in [0.15, 0.2) is 47.5 Å². The Morgan fingerprint density at radius 2 is 1.87 bits per heavy atom. The van der Waals surface area contributed by atoms with Crippen molar-refractivity contribution in [3.8, 4) is 11.1 Å². The zero-order valence-corrected chi connectivity index (χ0v) is 13.0. The molecule has 0 aliphatic rings. The van der Waals surface area contributed by atoms with Crippen molar-refractivity contribution in [1.82, 2.24) is 9.55 Å². The Hall–Kier alpha value is -2.95. The molecule has 23 heavy (non-hydrogen) atoms. The molecule has 5 heteroatoms. The van der Waals surface area contributed by atoms with Crippen LogP contribution < -0.4 is 11.2 Å². The van der Waals surface area contributed by atoms with E-state index in [1.54, 1.807) is 25.4 Å². The largest absolute Gasteiger partial charge is 0.365 e. The Labute approximate surface area is 133 Å². The third-order valence-electron chi connectivity index (χ3n) is 4.10. The first-order valence-corrected chi connectivity index (χ1v) is 7.42. The molecule has 0 fully saturated rings. The van der Waals surface area contributed by atoms with Crippen LogP contribution in [0.1, 0.15) is 23.0 Å². The first-order chi connectivity index (χ1) is 11.0. The number of pyridine rings is 2. The third kappa shape index (κ3) is 2.40. The summed E-state index contributed by atoms with van der Waals surface area (Å²) in [6.07, 6.45) is 3.46. The molecule has 3 aromatic rings. The van der Waals surface area contributed by atoms with Crippen molar-refractivity contribution >= 4 is 16.8 Å². The van der Waals surface area contributed by atoms with Gasteiger partial charge in [0.05, 0.1) is 5.52 Å².